The fourth-order valence-electron chi connectivity index (χ4n) is 1.96. The Morgan fingerprint density at radius 3 is 1.44 bits per heavy atom. The first kappa shape index (κ1) is 12.2. The molecule has 92 valence electrons. The van der Waals surface area contributed by atoms with Crippen molar-refractivity contribution in [1.82, 2.24) is 0 Å². The number of hydrogen-bond acceptors (Lipinski definition) is 3. The maximum Gasteiger partial charge on any atom is 0.134 e. The summed E-state index contributed by atoms with van der Waals surface area (Å²) in [6.45, 7) is 1.89. The lowest BCUT2D eigenvalue weighted by molar-refractivity contribution is -0.110. The predicted molar refractivity (Wildman–Crippen MR) is 74.2 cm³/mol. The minimum atomic E-state index is -0.679. The number of carbonyl (C=O) groups is 1. The van der Waals surface area contributed by atoms with Gasteiger partial charge in [-0.3, -0.25) is 0 Å². The quantitative estimate of drug-likeness (QED) is 0.639. The highest BCUT2D eigenvalue weighted by Gasteiger charge is 2.28. The third-order valence-electron chi connectivity index (χ3n) is 3.26. The Morgan fingerprint density at radius 1 is 0.833 bits per heavy atom. The minimum Gasteiger partial charge on any atom is -0.399 e. The van der Waals surface area contributed by atoms with Crippen LogP contribution in [0, 0.1) is 0 Å². The van der Waals surface area contributed by atoms with Gasteiger partial charge in [-0.05, 0) is 42.3 Å². The fourth-order valence-corrected chi connectivity index (χ4v) is 1.96. The van der Waals surface area contributed by atoms with Gasteiger partial charge in [0.2, 0.25) is 0 Å². The van der Waals surface area contributed by atoms with E-state index in [1.807, 2.05) is 31.2 Å². The van der Waals surface area contributed by atoms with Gasteiger partial charge in [-0.25, -0.2) is 0 Å². The van der Waals surface area contributed by atoms with Crippen molar-refractivity contribution in [2.75, 3.05) is 11.5 Å². The molecule has 0 saturated carbocycles. The Bertz CT molecular complexity index is 498. The molecule has 0 aliphatic rings. The molecule has 2 rings (SSSR count). The molecule has 0 radical (unpaired) electrons. The van der Waals surface area contributed by atoms with Crippen molar-refractivity contribution >= 4 is 17.7 Å². The smallest absolute Gasteiger partial charge is 0.134 e. The first-order valence-electron chi connectivity index (χ1n) is 5.74. The zero-order chi connectivity index (χ0) is 13.2. The van der Waals surface area contributed by atoms with Crippen LogP contribution in [0.2, 0.25) is 0 Å². The van der Waals surface area contributed by atoms with Gasteiger partial charge < -0.3 is 16.3 Å². The van der Waals surface area contributed by atoms with Gasteiger partial charge in [-0.15, -0.1) is 0 Å². The van der Waals surface area contributed by atoms with E-state index in [4.69, 9.17) is 11.5 Å². The number of nitrogen functional groups attached to an aromatic ring is 2. The summed E-state index contributed by atoms with van der Waals surface area (Å²) in [5, 5.41) is 0. The van der Waals surface area contributed by atoms with Gasteiger partial charge >= 0.3 is 0 Å². The number of aldehydes is 1. The Morgan fingerprint density at radius 2 is 1.17 bits per heavy atom. The number of nitrogens with two attached hydrogens (primary N) is 2. The highest BCUT2D eigenvalue weighted by atomic mass is 16.1. The zero-order valence-electron chi connectivity index (χ0n) is 10.3. The lowest BCUT2D eigenvalue weighted by atomic mass is 9.77. The molecular weight excluding hydrogens is 224 g/mol. The van der Waals surface area contributed by atoms with Crippen LogP contribution < -0.4 is 11.5 Å². The van der Waals surface area contributed by atoms with E-state index in [1.165, 1.54) is 0 Å². The normalized spacial score (nSPS) is 11.2. The number of hydrogen-bond donors (Lipinski definition) is 2. The molecule has 4 N–H and O–H groups in total. The summed E-state index contributed by atoms with van der Waals surface area (Å²) < 4.78 is 0. The van der Waals surface area contributed by atoms with E-state index in [1.54, 1.807) is 24.3 Å². The van der Waals surface area contributed by atoms with Crippen molar-refractivity contribution in [3.05, 3.63) is 59.7 Å². The Balaban J connectivity index is 2.50. The van der Waals surface area contributed by atoms with E-state index in [2.05, 4.69) is 0 Å². The largest absolute Gasteiger partial charge is 0.399 e. The molecule has 0 unspecified atom stereocenters. The predicted octanol–water partition coefficient (Wildman–Crippen LogP) is 2.36. The van der Waals surface area contributed by atoms with E-state index in [9.17, 15) is 4.79 Å². The highest BCUT2D eigenvalue weighted by Crippen LogP contribution is 2.30. The average Bonchev–Trinajstić information content (AvgIpc) is 2.39. The summed E-state index contributed by atoms with van der Waals surface area (Å²) in [4.78, 5) is 11.5. The van der Waals surface area contributed by atoms with Gasteiger partial charge in [-0.2, -0.15) is 0 Å². The number of anilines is 2. The van der Waals surface area contributed by atoms with Crippen molar-refractivity contribution < 1.29 is 4.79 Å². The van der Waals surface area contributed by atoms with Crippen LogP contribution in [0.25, 0.3) is 0 Å². The topological polar surface area (TPSA) is 69.1 Å². The van der Waals surface area contributed by atoms with E-state index in [0.717, 1.165) is 17.4 Å². The SMILES string of the molecule is CC(C=O)(c1ccc(N)cc1)c1ccc(N)cc1. The van der Waals surface area contributed by atoms with Gasteiger partial charge in [0.1, 0.15) is 6.29 Å². The molecule has 0 heterocycles. The molecule has 0 saturated heterocycles. The number of benzene rings is 2. The summed E-state index contributed by atoms with van der Waals surface area (Å²) in [6.07, 6.45) is 0.948. The maximum atomic E-state index is 11.5. The second kappa shape index (κ2) is 4.53. The minimum absolute atomic E-state index is 0.679. The van der Waals surface area contributed by atoms with Crippen LogP contribution in [0.4, 0.5) is 11.4 Å². The maximum absolute atomic E-state index is 11.5. The van der Waals surface area contributed by atoms with Crippen molar-refractivity contribution in [2.45, 2.75) is 12.3 Å². The van der Waals surface area contributed by atoms with Crippen LogP contribution in [0.15, 0.2) is 48.5 Å². The molecular formula is C15H16N2O. The van der Waals surface area contributed by atoms with Gasteiger partial charge in [0.25, 0.3) is 0 Å². The van der Waals surface area contributed by atoms with Crippen LogP contribution >= 0.6 is 0 Å². The second-order valence-corrected chi connectivity index (χ2v) is 4.56. The van der Waals surface area contributed by atoms with Crippen LogP contribution in [0.1, 0.15) is 18.1 Å². The monoisotopic (exact) mass is 240 g/mol. The van der Waals surface area contributed by atoms with E-state index < -0.39 is 5.41 Å². The lowest BCUT2D eigenvalue weighted by Gasteiger charge is -2.24. The standard InChI is InChI=1S/C15H16N2O/c1-15(10-18,11-2-6-13(16)7-3-11)12-4-8-14(17)9-5-12/h2-10H,16-17H2,1H3. The number of carbonyl (C=O) groups excluding carboxylic acids is 1. The average molecular weight is 240 g/mol. The molecule has 2 aromatic carbocycles. The van der Waals surface area contributed by atoms with E-state index >= 15 is 0 Å². The Hall–Kier alpha value is -2.29. The molecule has 3 heteroatoms. The molecule has 2 aromatic rings. The first-order valence-corrected chi connectivity index (χ1v) is 5.74. The molecule has 18 heavy (non-hydrogen) atoms. The molecule has 0 spiro atoms. The third-order valence-corrected chi connectivity index (χ3v) is 3.26. The van der Waals surface area contributed by atoms with Crippen molar-refractivity contribution in [3.8, 4) is 0 Å². The van der Waals surface area contributed by atoms with Gasteiger partial charge in [0.05, 0.1) is 5.41 Å². The molecule has 0 amide bonds. The second-order valence-electron chi connectivity index (χ2n) is 4.56. The van der Waals surface area contributed by atoms with Crippen LogP contribution in [0.5, 0.6) is 0 Å². The zero-order valence-corrected chi connectivity index (χ0v) is 10.3. The van der Waals surface area contributed by atoms with Gasteiger partial charge in [0, 0.05) is 11.4 Å². The molecule has 3 nitrogen and oxygen atoms in total. The first-order chi connectivity index (χ1) is 8.56. The van der Waals surface area contributed by atoms with Crippen LogP contribution in [-0.2, 0) is 10.2 Å². The summed E-state index contributed by atoms with van der Waals surface area (Å²) in [5.41, 5.74) is 13.8. The molecule has 0 fully saturated rings. The molecule has 0 aliphatic heterocycles. The summed E-state index contributed by atoms with van der Waals surface area (Å²) in [7, 11) is 0. The molecule has 0 bridgehead atoms. The number of rotatable bonds is 3. The van der Waals surface area contributed by atoms with Crippen LogP contribution in [0.3, 0.4) is 0 Å². The highest BCUT2D eigenvalue weighted by molar-refractivity contribution is 5.75. The lowest BCUT2D eigenvalue weighted by Crippen LogP contribution is -2.25. The fraction of sp³-hybridized carbons (Fsp3) is 0.133. The van der Waals surface area contributed by atoms with Crippen molar-refractivity contribution in [2.24, 2.45) is 0 Å². The summed E-state index contributed by atoms with van der Waals surface area (Å²) >= 11 is 0. The van der Waals surface area contributed by atoms with Gasteiger partial charge in [0.15, 0.2) is 0 Å². The van der Waals surface area contributed by atoms with E-state index in [-0.39, 0.29) is 0 Å². The van der Waals surface area contributed by atoms with Gasteiger partial charge in [-0.1, -0.05) is 24.3 Å². The van der Waals surface area contributed by atoms with Crippen LogP contribution in [-0.4, -0.2) is 6.29 Å². The molecule has 0 aromatic heterocycles. The van der Waals surface area contributed by atoms with E-state index in [0.29, 0.717) is 11.4 Å². The van der Waals surface area contributed by atoms with Crippen molar-refractivity contribution in [3.63, 3.8) is 0 Å². The van der Waals surface area contributed by atoms with Crippen molar-refractivity contribution in [1.29, 1.82) is 0 Å². The third kappa shape index (κ3) is 2.07. The Labute approximate surface area is 106 Å². The summed E-state index contributed by atoms with van der Waals surface area (Å²) in [6, 6.07) is 14.7. The molecule has 0 atom stereocenters. The molecule has 0 aliphatic carbocycles. The summed E-state index contributed by atoms with van der Waals surface area (Å²) in [5.74, 6) is 0. The Kier molecular flexibility index (Phi) is 3.06.